The van der Waals surface area contributed by atoms with Crippen LogP contribution in [-0.4, -0.2) is 10.8 Å². The fraction of sp³-hybridized carbons (Fsp3) is 0.333. The number of aryl methyl sites for hydroxylation is 4. The Hall–Kier alpha value is -1.48. The van der Waals surface area contributed by atoms with Crippen LogP contribution < -0.4 is 0 Å². The predicted octanol–water partition coefficient (Wildman–Crippen LogP) is 3.88. The fourth-order valence-corrected chi connectivity index (χ4v) is 2.76. The van der Waals surface area contributed by atoms with Crippen molar-refractivity contribution < 1.29 is 4.79 Å². The number of hydrogen-bond acceptors (Lipinski definition) is 3. The molecule has 1 aromatic heterocycles. The van der Waals surface area contributed by atoms with E-state index >= 15 is 0 Å². The Labute approximate surface area is 112 Å². The molecule has 94 valence electrons. The fourth-order valence-electron chi connectivity index (χ4n) is 1.83. The second-order valence-corrected chi connectivity index (χ2v) is 5.83. The average Bonchev–Trinajstić information content (AvgIpc) is 2.66. The van der Waals surface area contributed by atoms with E-state index in [2.05, 4.69) is 11.9 Å². The summed E-state index contributed by atoms with van der Waals surface area (Å²) in [5.41, 5.74) is 3.01. The van der Waals surface area contributed by atoms with Crippen LogP contribution in [0, 0.1) is 20.8 Å². The van der Waals surface area contributed by atoms with Crippen molar-refractivity contribution >= 4 is 17.1 Å². The molecular formula is C15H17NOS. The number of Topliss-reactive ketones (excluding diaryl/α,β-unsaturated/α-hetero) is 1. The van der Waals surface area contributed by atoms with Gasteiger partial charge in [-0.2, -0.15) is 0 Å². The van der Waals surface area contributed by atoms with Crippen molar-refractivity contribution in [3.05, 3.63) is 51.0 Å². The van der Waals surface area contributed by atoms with Crippen LogP contribution in [0.2, 0.25) is 0 Å². The normalized spacial score (nSPS) is 10.6. The number of ketones is 1. The maximum Gasteiger partial charge on any atom is 0.163 e. The Morgan fingerprint density at radius 3 is 2.67 bits per heavy atom. The Kier molecular flexibility index (Phi) is 3.92. The number of nitrogens with zero attached hydrogens (tertiary/aromatic N) is 1. The molecule has 0 aliphatic heterocycles. The molecule has 2 rings (SSSR count). The maximum absolute atomic E-state index is 12.0. The number of aromatic nitrogens is 1. The molecule has 0 saturated carbocycles. The molecule has 0 atom stereocenters. The van der Waals surface area contributed by atoms with Crippen LogP contribution in [0.25, 0.3) is 0 Å². The lowest BCUT2D eigenvalue weighted by Crippen LogP contribution is -2.01. The number of carbonyl (C=O) groups is 1. The number of benzene rings is 1. The van der Waals surface area contributed by atoms with Crippen molar-refractivity contribution in [2.24, 2.45) is 0 Å². The van der Waals surface area contributed by atoms with Crippen LogP contribution in [0.15, 0.2) is 24.3 Å². The molecule has 0 amide bonds. The van der Waals surface area contributed by atoms with E-state index in [0.717, 1.165) is 28.2 Å². The first-order valence-electron chi connectivity index (χ1n) is 6.09. The Balaban J connectivity index is 2.00. The van der Waals surface area contributed by atoms with Gasteiger partial charge in [0.05, 0.1) is 10.7 Å². The van der Waals surface area contributed by atoms with E-state index < -0.39 is 0 Å². The molecule has 0 unspecified atom stereocenters. The molecule has 1 aromatic carbocycles. The lowest BCUT2D eigenvalue weighted by Gasteiger charge is -2.00. The second kappa shape index (κ2) is 5.44. The van der Waals surface area contributed by atoms with Crippen molar-refractivity contribution in [1.82, 2.24) is 4.98 Å². The van der Waals surface area contributed by atoms with Crippen LogP contribution in [0.1, 0.15) is 37.9 Å². The minimum atomic E-state index is 0.198. The standard InChI is InChI=1S/C15H17NOS/c1-10-5-4-6-13(9-10)14(17)7-8-15-16-11(2)12(3)18-15/h4-6,9H,7-8H2,1-3H3. The van der Waals surface area contributed by atoms with Crippen molar-refractivity contribution in [2.75, 3.05) is 0 Å². The van der Waals surface area contributed by atoms with Crippen molar-refractivity contribution in [3.63, 3.8) is 0 Å². The molecule has 18 heavy (non-hydrogen) atoms. The number of hydrogen-bond donors (Lipinski definition) is 0. The predicted molar refractivity (Wildman–Crippen MR) is 75.4 cm³/mol. The monoisotopic (exact) mass is 259 g/mol. The lowest BCUT2D eigenvalue weighted by molar-refractivity contribution is 0.0982. The highest BCUT2D eigenvalue weighted by molar-refractivity contribution is 7.11. The van der Waals surface area contributed by atoms with E-state index in [9.17, 15) is 4.79 Å². The average molecular weight is 259 g/mol. The van der Waals surface area contributed by atoms with E-state index in [-0.39, 0.29) is 5.78 Å². The highest BCUT2D eigenvalue weighted by Crippen LogP contribution is 2.18. The summed E-state index contributed by atoms with van der Waals surface area (Å²) in [5.74, 6) is 0.198. The van der Waals surface area contributed by atoms with E-state index in [1.54, 1.807) is 11.3 Å². The van der Waals surface area contributed by atoms with Gasteiger partial charge in [0, 0.05) is 23.3 Å². The van der Waals surface area contributed by atoms with Crippen LogP contribution in [-0.2, 0) is 6.42 Å². The van der Waals surface area contributed by atoms with Gasteiger partial charge < -0.3 is 0 Å². The van der Waals surface area contributed by atoms with Crippen molar-refractivity contribution in [1.29, 1.82) is 0 Å². The zero-order valence-electron chi connectivity index (χ0n) is 11.0. The summed E-state index contributed by atoms with van der Waals surface area (Å²) in [4.78, 5) is 17.7. The molecule has 0 bridgehead atoms. The molecular weight excluding hydrogens is 242 g/mol. The highest BCUT2D eigenvalue weighted by atomic mass is 32.1. The van der Waals surface area contributed by atoms with Gasteiger partial charge in [0.25, 0.3) is 0 Å². The minimum Gasteiger partial charge on any atom is -0.294 e. The number of carbonyl (C=O) groups excluding carboxylic acids is 1. The Morgan fingerprint density at radius 2 is 2.06 bits per heavy atom. The maximum atomic E-state index is 12.0. The first kappa shape index (κ1) is 13.0. The molecule has 0 radical (unpaired) electrons. The van der Waals surface area contributed by atoms with Gasteiger partial charge in [0.1, 0.15) is 0 Å². The van der Waals surface area contributed by atoms with Crippen LogP contribution >= 0.6 is 11.3 Å². The third-order valence-electron chi connectivity index (χ3n) is 2.98. The number of thiazole rings is 1. The molecule has 0 N–H and O–H groups in total. The van der Waals surface area contributed by atoms with Crippen LogP contribution in [0.5, 0.6) is 0 Å². The molecule has 0 spiro atoms. The summed E-state index contributed by atoms with van der Waals surface area (Å²) in [5, 5.41) is 1.06. The van der Waals surface area contributed by atoms with Crippen molar-refractivity contribution in [3.8, 4) is 0 Å². The summed E-state index contributed by atoms with van der Waals surface area (Å²) in [6.07, 6.45) is 1.28. The van der Waals surface area contributed by atoms with Gasteiger partial charge in [0.15, 0.2) is 5.78 Å². The molecule has 2 aromatic rings. The largest absolute Gasteiger partial charge is 0.294 e. The second-order valence-electron chi connectivity index (χ2n) is 4.54. The summed E-state index contributed by atoms with van der Waals surface area (Å²) >= 11 is 1.69. The third kappa shape index (κ3) is 3.05. The molecule has 0 aliphatic rings. The van der Waals surface area contributed by atoms with Crippen LogP contribution in [0.4, 0.5) is 0 Å². The summed E-state index contributed by atoms with van der Waals surface area (Å²) in [7, 11) is 0. The topological polar surface area (TPSA) is 30.0 Å². The molecule has 0 aliphatic carbocycles. The summed E-state index contributed by atoms with van der Waals surface area (Å²) in [6.45, 7) is 6.08. The van der Waals surface area contributed by atoms with Gasteiger partial charge in [-0.05, 0) is 26.8 Å². The van der Waals surface area contributed by atoms with E-state index in [0.29, 0.717) is 6.42 Å². The smallest absolute Gasteiger partial charge is 0.163 e. The lowest BCUT2D eigenvalue weighted by atomic mass is 10.0. The zero-order valence-corrected chi connectivity index (χ0v) is 11.8. The van der Waals surface area contributed by atoms with Crippen molar-refractivity contribution in [2.45, 2.75) is 33.6 Å². The van der Waals surface area contributed by atoms with E-state index in [1.807, 2.05) is 38.1 Å². The number of rotatable bonds is 4. The van der Waals surface area contributed by atoms with Gasteiger partial charge in [-0.15, -0.1) is 11.3 Å². The Bertz CT molecular complexity index is 552. The zero-order chi connectivity index (χ0) is 13.1. The van der Waals surface area contributed by atoms with E-state index in [1.165, 1.54) is 4.88 Å². The first-order valence-corrected chi connectivity index (χ1v) is 6.90. The minimum absolute atomic E-state index is 0.198. The SMILES string of the molecule is Cc1cccc(C(=O)CCc2nc(C)c(C)s2)c1. The molecule has 0 saturated heterocycles. The van der Waals surface area contributed by atoms with Gasteiger partial charge in [-0.1, -0.05) is 23.8 Å². The molecule has 0 fully saturated rings. The quantitative estimate of drug-likeness (QED) is 0.780. The first-order chi connectivity index (χ1) is 8.56. The van der Waals surface area contributed by atoms with E-state index in [4.69, 9.17) is 0 Å². The molecule has 1 heterocycles. The molecule has 2 nitrogen and oxygen atoms in total. The summed E-state index contributed by atoms with van der Waals surface area (Å²) < 4.78 is 0. The van der Waals surface area contributed by atoms with Gasteiger partial charge in [0.2, 0.25) is 0 Å². The molecule has 3 heteroatoms. The van der Waals surface area contributed by atoms with Gasteiger partial charge in [-0.25, -0.2) is 4.98 Å². The van der Waals surface area contributed by atoms with Crippen LogP contribution in [0.3, 0.4) is 0 Å². The summed E-state index contributed by atoms with van der Waals surface area (Å²) in [6, 6.07) is 7.76. The van der Waals surface area contributed by atoms with Gasteiger partial charge >= 0.3 is 0 Å². The third-order valence-corrected chi connectivity index (χ3v) is 4.11. The van der Waals surface area contributed by atoms with Gasteiger partial charge in [-0.3, -0.25) is 4.79 Å². The Morgan fingerprint density at radius 1 is 1.28 bits per heavy atom. The highest BCUT2D eigenvalue weighted by Gasteiger charge is 2.09.